The van der Waals surface area contributed by atoms with Gasteiger partial charge in [-0.15, -0.1) is 0 Å². The van der Waals surface area contributed by atoms with E-state index in [0.717, 1.165) is 17.7 Å². The summed E-state index contributed by atoms with van der Waals surface area (Å²) in [5, 5.41) is 11.3. The number of benzene rings is 2. The van der Waals surface area contributed by atoms with Gasteiger partial charge in [-0.05, 0) is 53.6 Å². The Morgan fingerprint density at radius 3 is 2.69 bits per heavy atom. The van der Waals surface area contributed by atoms with Crippen LogP contribution in [-0.4, -0.2) is 35.5 Å². The molecule has 1 unspecified atom stereocenters. The molecule has 1 N–H and O–H groups in total. The summed E-state index contributed by atoms with van der Waals surface area (Å²) in [6, 6.07) is 14.9. The summed E-state index contributed by atoms with van der Waals surface area (Å²) in [5.74, 6) is -0.503. The van der Waals surface area contributed by atoms with E-state index >= 15 is 0 Å². The number of fused-ring (bicyclic) bond motifs is 1. The van der Waals surface area contributed by atoms with Crippen molar-refractivity contribution in [3.05, 3.63) is 89.3 Å². The largest absolute Gasteiger partial charge is 0.507 e. The minimum absolute atomic E-state index is 0.0194. The van der Waals surface area contributed by atoms with Crippen molar-refractivity contribution in [3.8, 4) is 11.5 Å². The average Bonchev–Trinajstić information content (AvgIpc) is 3.41. The number of ether oxygens (including phenoxy) is 2. The Morgan fingerprint density at radius 2 is 1.91 bits per heavy atom. The Bertz CT molecular complexity index is 1250. The van der Waals surface area contributed by atoms with E-state index in [1.165, 1.54) is 12.0 Å². The first-order valence-corrected chi connectivity index (χ1v) is 10.2. The fraction of sp³-hybridized carbons (Fsp3) is 0.160. The third kappa shape index (κ3) is 3.10. The van der Waals surface area contributed by atoms with Gasteiger partial charge >= 0.3 is 0 Å². The molecule has 0 aliphatic carbocycles. The second kappa shape index (κ2) is 7.85. The molecule has 2 aromatic carbocycles. The van der Waals surface area contributed by atoms with Crippen molar-refractivity contribution in [2.45, 2.75) is 12.5 Å². The van der Waals surface area contributed by atoms with Crippen LogP contribution in [0.5, 0.6) is 11.5 Å². The molecule has 32 heavy (non-hydrogen) atoms. The number of carbonyl (C=O) groups excluding carboxylic acids is 2. The molecule has 1 amide bonds. The zero-order valence-corrected chi connectivity index (χ0v) is 17.3. The monoisotopic (exact) mass is 428 g/mol. The van der Waals surface area contributed by atoms with Crippen molar-refractivity contribution in [1.82, 2.24) is 4.98 Å². The van der Waals surface area contributed by atoms with Crippen molar-refractivity contribution < 1.29 is 24.2 Å². The van der Waals surface area contributed by atoms with Crippen LogP contribution in [0.15, 0.2) is 72.6 Å². The smallest absolute Gasteiger partial charge is 0.300 e. The van der Waals surface area contributed by atoms with Gasteiger partial charge in [0.05, 0.1) is 31.0 Å². The van der Waals surface area contributed by atoms with E-state index in [4.69, 9.17) is 9.47 Å². The predicted molar refractivity (Wildman–Crippen MR) is 118 cm³/mol. The van der Waals surface area contributed by atoms with Gasteiger partial charge in [0.2, 0.25) is 0 Å². The van der Waals surface area contributed by atoms with Gasteiger partial charge in [-0.2, -0.15) is 0 Å². The molecule has 1 saturated heterocycles. The van der Waals surface area contributed by atoms with Gasteiger partial charge in [0, 0.05) is 24.4 Å². The summed E-state index contributed by atoms with van der Waals surface area (Å²) in [6.07, 6.45) is 3.90. The van der Waals surface area contributed by atoms with Gasteiger partial charge in [0.15, 0.2) is 0 Å². The minimum Gasteiger partial charge on any atom is -0.507 e. The number of amides is 1. The Hall–Kier alpha value is -4.13. The number of rotatable bonds is 4. The SMILES string of the molecule is COc1ccccc1N1C(=O)C(=O)/C(=C(\O)c2ccc3c(c2)CCO3)C1c1ccncc1. The molecule has 0 saturated carbocycles. The van der Waals surface area contributed by atoms with E-state index in [9.17, 15) is 14.7 Å². The number of carbonyl (C=O) groups is 2. The van der Waals surface area contributed by atoms with Crippen LogP contribution in [0.3, 0.4) is 0 Å². The lowest BCUT2D eigenvalue weighted by atomic mass is 9.95. The highest BCUT2D eigenvalue weighted by Gasteiger charge is 2.47. The number of Topliss-reactive ketones (excluding diaryl/α,β-unsaturated/α-hetero) is 1. The predicted octanol–water partition coefficient (Wildman–Crippen LogP) is 3.65. The maximum Gasteiger partial charge on any atom is 0.300 e. The first-order valence-electron chi connectivity index (χ1n) is 10.2. The standard InChI is InChI=1S/C25H20N2O5/c1-31-20-5-3-2-4-18(20)27-22(15-8-11-26-12-9-15)21(24(29)25(27)30)23(28)17-6-7-19-16(14-17)10-13-32-19/h2-9,11-12,14,22,28H,10,13H2,1H3/b23-21-. The summed E-state index contributed by atoms with van der Waals surface area (Å²) in [6.45, 7) is 0.578. The molecule has 1 fully saturated rings. The number of aliphatic hydroxyl groups excluding tert-OH is 1. The van der Waals surface area contributed by atoms with E-state index in [2.05, 4.69) is 4.98 Å². The quantitative estimate of drug-likeness (QED) is 0.388. The van der Waals surface area contributed by atoms with E-state index < -0.39 is 17.7 Å². The summed E-state index contributed by atoms with van der Waals surface area (Å²) in [5.41, 5.74) is 2.53. The lowest BCUT2D eigenvalue weighted by molar-refractivity contribution is -0.132. The molecule has 3 heterocycles. The van der Waals surface area contributed by atoms with Crippen LogP contribution in [0, 0.1) is 0 Å². The molecular formula is C25H20N2O5. The summed E-state index contributed by atoms with van der Waals surface area (Å²) in [4.78, 5) is 31.9. The van der Waals surface area contributed by atoms with Gasteiger partial charge < -0.3 is 14.6 Å². The normalized spacial score (nSPS) is 19.0. The van der Waals surface area contributed by atoms with E-state index in [0.29, 0.717) is 29.2 Å². The van der Waals surface area contributed by atoms with E-state index in [-0.39, 0.29) is 11.3 Å². The number of pyridine rings is 1. The maximum atomic E-state index is 13.2. The molecular weight excluding hydrogens is 408 g/mol. The van der Waals surface area contributed by atoms with Gasteiger partial charge in [0.1, 0.15) is 17.3 Å². The van der Waals surface area contributed by atoms with Crippen molar-refractivity contribution in [2.75, 3.05) is 18.6 Å². The topological polar surface area (TPSA) is 89.0 Å². The van der Waals surface area contributed by atoms with E-state index in [1.54, 1.807) is 67.0 Å². The zero-order chi connectivity index (χ0) is 22.2. The number of hydrogen-bond acceptors (Lipinski definition) is 6. The first kappa shape index (κ1) is 19.8. The van der Waals surface area contributed by atoms with Crippen LogP contribution in [-0.2, 0) is 16.0 Å². The number of anilines is 1. The Kier molecular flexibility index (Phi) is 4.86. The molecule has 1 aromatic heterocycles. The molecule has 3 aromatic rings. The maximum absolute atomic E-state index is 13.2. The molecule has 5 rings (SSSR count). The number of aromatic nitrogens is 1. The second-order valence-corrected chi connectivity index (χ2v) is 7.54. The van der Waals surface area contributed by atoms with Crippen LogP contribution in [0.25, 0.3) is 5.76 Å². The Labute approximate surface area is 184 Å². The lowest BCUT2D eigenvalue weighted by Gasteiger charge is -2.26. The van der Waals surface area contributed by atoms with Crippen LogP contribution in [0.4, 0.5) is 5.69 Å². The number of nitrogens with zero attached hydrogens (tertiary/aromatic N) is 2. The van der Waals surface area contributed by atoms with Crippen molar-refractivity contribution >= 4 is 23.1 Å². The number of para-hydroxylation sites is 2. The molecule has 0 spiro atoms. The third-order valence-electron chi connectivity index (χ3n) is 5.77. The van der Waals surface area contributed by atoms with E-state index in [1.807, 2.05) is 0 Å². The number of ketones is 1. The molecule has 0 bridgehead atoms. The number of methoxy groups -OCH3 is 1. The Morgan fingerprint density at radius 1 is 1.12 bits per heavy atom. The van der Waals surface area contributed by atoms with Crippen molar-refractivity contribution in [1.29, 1.82) is 0 Å². The van der Waals surface area contributed by atoms with Crippen molar-refractivity contribution in [3.63, 3.8) is 0 Å². The third-order valence-corrected chi connectivity index (χ3v) is 5.77. The lowest BCUT2D eigenvalue weighted by Crippen LogP contribution is -2.29. The molecule has 0 radical (unpaired) electrons. The first-order chi connectivity index (χ1) is 15.6. The highest BCUT2D eigenvalue weighted by Crippen LogP contribution is 2.45. The molecule has 2 aliphatic rings. The fourth-order valence-corrected chi connectivity index (χ4v) is 4.26. The van der Waals surface area contributed by atoms with Crippen molar-refractivity contribution in [2.24, 2.45) is 0 Å². The summed E-state index contributed by atoms with van der Waals surface area (Å²) < 4.78 is 11.0. The molecule has 7 heteroatoms. The molecule has 160 valence electrons. The molecule has 1 atom stereocenters. The Balaban J connectivity index is 1.72. The summed E-state index contributed by atoms with van der Waals surface area (Å²) in [7, 11) is 1.50. The molecule has 7 nitrogen and oxygen atoms in total. The average molecular weight is 428 g/mol. The second-order valence-electron chi connectivity index (χ2n) is 7.54. The van der Waals surface area contributed by atoms with Gasteiger partial charge in [-0.3, -0.25) is 19.5 Å². The molecule has 2 aliphatic heterocycles. The van der Waals surface area contributed by atoms with Crippen LogP contribution < -0.4 is 14.4 Å². The fourth-order valence-electron chi connectivity index (χ4n) is 4.26. The van der Waals surface area contributed by atoms with Gasteiger partial charge in [-0.25, -0.2) is 0 Å². The summed E-state index contributed by atoms with van der Waals surface area (Å²) >= 11 is 0. The highest BCUT2D eigenvalue weighted by molar-refractivity contribution is 6.51. The van der Waals surface area contributed by atoms with Crippen LogP contribution >= 0.6 is 0 Å². The van der Waals surface area contributed by atoms with Gasteiger partial charge in [-0.1, -0.05) is 12.1 Å². The zero-order valence-electron chi connectivity index (χ0n) is 17.3. The number of aliphatic hydroxyl groups is 1. The van der Waals surface area contributed by atoms with Crippen LogP contribution in [0.1, 0.15) is 22.7 Å². The van der Waals surface area contributed by atoms with Gasteiger partial charge in [0.25, 0.3) is 11.7 Å². The van der Waals surface area contributed by atoms with Crippen LogP contribution in [0.2, 0.25) is 0 Å². The minimum atomic E-state index is -0.834. The highest BCUT2D eigenvalue weighted by atomic mass is 16.5. The number of hydrogen-bond donors (Lipinski definition) is 1.